The topological polar surface area (TPSA) is 29.5 Å². The van der Waals surface area contributed by atoms with Gasteiger partial charge in [0.15, 0.2) is 0 Å². The molecule has 3 rings (SSSR count). The van der Waals surface area contributed by atoms with Crippen molar-refractivity contribution < 1.29 is 22.7 Å². The van der Waals surface area contributed by atoms with E-state index >= 15 is 0 Å². The van der Waals surface area contributed by atoms with Gasteiger partial charge >= 0.3 is 6.61 Å². The van der Waals surface area contributed by atoms with Crippen LogP contribution in [0.1, 0.15) is 27.9 Å². The Kier molecular flexibility index (Phi) is 4.46. The highest BCUT2D eigenvalue weighted by Crippen LogP contribution is 2.38. The summed E-state index contributed by atoms with van der Waals surface area (Å²) < 4.78 is 43.7. The number of hydrogen-bond acceptors (Lipinski definition) is 2. The summed E-state index contributed by atoms with van der Waals surface area (Å²) in [5.41, 5.74) is 1.72. The van der Waals surface area contributed by atoms with Gasteiger partial charge in [0.05, 0.1) is 5.69 Å². The molecule has 0 radical (unpaired) electrons. The second kappa shape index (κ2) is 6.55. The number of aryl methyl sites for hydroxylation is 2. The molecule has 1 aliphatic rings. The number of alkyl halides is 2. The van der Waals surface area contributed by atoms with Crippen molar-refractivity contribution in [1.29, 1.82) is 0 Å². The number of benzene rings is 2. The molecule has 1 heterocycles. The molecule has 0 spiro atoms. The number of ether oxygens (including phenoxy) is 1. The van der Waals surface area contributed by atoms with Crippen molar-refractivity contribution in [1.82, 2.24) is 0 Å². The average molecular weight is 335 g/mol. The van der Waals surface area contributed by atoms with Gasteiger partial charge in [-0.15, -0.1) is 0 Å². The van der Waals surface area contributed by atoms with E-state index in [4.69, 9.17) is 0 Å². The van der Waals surface area contributed by atoms with Crippen LogP contribution in [-0.4, -0.2) is 19.1 Å². The van der Waals surface area contributed by atoms with E-state index in [9.17, 15) is 18.0 Å². The van der Waals surface area contributed by atoms with Crippen molar-refractivity contribution in [3.8, 4) is 5.75 Å². The van der Waals surface area contributed by atoms with Gasteiger partial charge < -0.3 is 9.64 Å². The van der Waals surface area contributed by atoms with Crippen molar-refractivity contribution in [3.05, 3.63) is 58.9 Å². The van der Waals surface area contributed by atoms with Crippen molar-refractivity contribution >= 4 is 11.6 Å². The molecule has 0 aromatic heterocycles. The summed E-state index contributed by atoms with van der Waals surface area (Å²) in [6.45, 7) is -1.01. The highest BCUT2D eigenvalue weighted by Gasteiger charge is 2.28. The molecule has 6 heteroatoms. The maximum absolute atomic E-state index is 13.8. The summed E-state index contributed by atoms with van der Waals surface area (Å²) in [5.74, 6) is -0.946. The van der Waals surface area contributed by atoms with E-state index in [1.807, 2.05) is 0 Å². The number of hydrogen-bond donors (Lipinski definition) is 0. The summed E-state index contributed by atoms with van der Waals surface area (Å²) in [5, 5.41) is 0. The zero-order chi connectivity index (χ0) is 17.3. The van der Waals surface area contributed by atoms with Crippen LogP contribution in [0.5, 0.6) is 5.75 Å². The van der Waals surface area contributed by atoms with Crippen LogP contribution in [0.2, 0.25) is 0 Å². The lowest BCUT2D eigenvalue weighted by Crippen LogP contribution is -2.36. The van der Waals surface area contributed by atoms with E-state index in [-0.39, 0.29) is 11.3 Å². The third kappa shape index (κ3) is 3.09. The lowest BCUT2D eigenvalue weighted by Gasteiger charge is -2.31. The number of amides is 1. The normalized spacial score (nSPS) is 13.8. The van der Waals surface area contributed by atoms with Gasteiger partial charge in [0, 0.05) is 12.1 Å². The van der Waals surface area contributed by atoms with Crippen LogP contribution in [0.3, 0.4) is 0 Å². The third-order valence-corrected chi connectivity index (χ3v) is 4.06. The SMILES string of the molecule is Cc1ccc(C(=O)N2CCCc3cccc(OC(F)F)c32)cc1F. The molecule has 0 fully saturated rings. The maximum Gasteiger partial charge on any atom is 0.387 e. The second-order valence-corrected chi connectivity index (χ2v) is 5.67. The van der Waals surface area contributed by atoms with Crippen LogP contribution >= 0.6 is 0 Å². The third-order valence-electron chi connectivity index (χ3n) is 4.06. The van der Waals surface area contributed by atoms with Gasteiger partial charge in [-0.25, -0.2) is 4.39 Å². The fraction of sp³-hybridized carbons (Fsp3) is 0.278. The van der Waals surface area contributed by atoms with Crippen LogP contribution in [-0.2, 0) is 6.42 Å². The fourth-order valence-corrected chi connectivity index (χ4v) is 2.89. The first-order valence-corrected chi connectivity index (χ1v) is 7.62. The standard InChI is InChI=1S/C18H16F3NO2/c1-11-7-8-13(10-14(11)19)17(23)22-9-3-5-12-4-2-6-15(16(12)22)24-18(20)21/h2,4,6-8,10,18H,3,5,9H2,1H3. The van der Waals surface area contributed by atoms with Crippen LogP contribution in [0.25, 0.3) is 0 Å². The average Bonchev–Trinajstić information content (AvgIpc) is 2.56. The summed E-state index contributed by atoms with van der Waals surface area (Å²) in [6.07, 6.45) is 1.37. The lowest BCUT2D eigenvalue weighted by atomic mass is 9.99. The smallest absolute Gasteiger partial charge is 0.387 e. The number of carbonyl (C=O) groups excluding carboxylic acids is 1. The van der Waals surface area contributed by atoms with E-state index in [1.165, 1.54) is 29.2 Å². The quantitative estimate of drug-likeness (QED) is 0.836. The molecular formula is C18H16F3NO2. The summed E-state index contributed by atoms with van der Waals surface area (Å²) in [7, 11) is 0. The molecule has 0 atom stereocenters. The van der Waals surface area contributed by atoms with E-state index in [2.05, 4.69) is 4.74 Å². The van der Waals surface area contributed by atoms with Crippen molar-refractivity contribution in [2.24, 2.45) is 0 Å². The number of para-hydroxylation sites is 1. The second-order valence-electron chi connectivity index (χ2n) is 5.67. The molecule has 0 saturated heterocycles. The van der Waals surface area contributed by atoms with Crippen LogP contribution in [0.4, 0.5) is 18.9 Å². The first-order chi connectivity index (χ1) is 11.5. The Morgan fingerprint density at radius 3 is 2.75 bits per heavy atom. The van der Waals surface area contributed by atoms with E-state index in [0.29, 0.717) is 30.6 Å². The zero-order valence-corrected chi connectivity index (χ0v) is 13.1. The molecule has 0 unspecified atom stereocenters. The predicted molar refractivity (Wildman–Crippen MR) is 84.2 cm³/mol. The number of halogens is 3. The Morgan fingerprint density at radius 1 is 1.25 bits per heavy atom. The van der Waals surface area contributed by atoms with Gasteiger partial charge in [0.2, 0.25) is 0 Å². The van der Waals surface area contributed by atoms with Crippen LogP contribution < -0.4 is 9.64 Å². The maximum atomic E-state index is 13.8. The Bertz CT molecular complexity index is 777. The van der Waals surface area contributed by atoms with E-state index in [1.54, 1.807) is 19.1 Å². The first kappa shape index (κ1) is 16.4. The van der Waals surface area contributed by atoms with Gasteiger partial charge in [-0.2, -0.15) is 8.78 Å². The molecule has 0 saturated carbocycles. The molecule has 2 aromatic rings. The van der Waals surface area contributed by atoms with Gasteiger partial charge in [-0.05, 0) is 49.1 Å². The molecule has 2 aromatic carbocycles. The highest BCUT2D eigenvalue weighted by molar-refractivity contribution is 6.07. The molecule has 0 aliphatic carbocycles. The molecule has 0 N–H and O–H groups in total. The predicted octanol–water partition coefficient (Wildman–Crippen LogP) is 4.33. The summed E-state index contributed by atoms with van der Waals surface area (Å²) in [6, 6.07) is 9.04. The van der Waals surface area contributed by atoms with Gasteiger partial charge in [0.1, 0.15) is 11.6 Å². The molecule has 0 bridgehead atoms. The largest absolute Gasteiger partial charge is 0.433 e. The van der Waals surface area contributed by atoms with Gasteiger partial charge in [0.25, 0.3) is 5.91 Å². The van der Waals surface area contributed by atoms with E-state index in [0.717, 1.165) is 5.56 Å². The zero-order valence-electron chi connectivity index (χ0n) is 13.1. The molecule has 24 heavy (non-hydrogen) atoms. The van der Waals surface area contributed by atoms with Crippen molar-refractivity contribution in [3.63, 3.8) is 0 Å². The molecule has 3 nitrogen and oxygen atoms in total. The van der Waals surface area contributed by atoms with Crippen LogP contribution in [0.15, 0.2) is 36.4 Å². The minimum absolute atomic E-state index is 0.0388. The van der Waals surface area contributed by atoms with Gasteiger partial charge in [-0.3, -0.25) is 4.79 Å². The Hall–Kier alpha value is -2.50. The molecule has 1 aliphatic heterocycles. The number of carbonyl (C=O) groups is 1. The summed E-state index contributed by atoms with van der Waals surface area (Å²) >= 11 is 0. The minimum Gasteiger partial charge on any atom is -0.433 e. The Balaban J connectivity index is 2.02. The molecule has 126 valence electrons. The Labute approximate surface area is 137 Å². The van der Waals surface area contributed by atoms with Crippen molar-refractivity contribution in [2.75, 3.05) is 11.4 Å². The number of rotatable bonds is 3. The minimum atomic E-state index is -2.98. The first-order valence-electron chi connectivity index (χ1n) is 7.62. The fourth-order valence-electron chi connectivity index (χ4n) is 2.89. The number of fused-ring (bicyclic) bond motifs is 1. The van der Waals surface area contributed by atoms with E-state index < -0.39 is 18.3 Å². The molecular weight excluding hydrogens is 319 g/mol. The van der Waals surface area contributed by atoms with Crippen molar-refractivity contribution in [2.45, 2.75) is 26.4 Å². The highest BCUT2D eigenvalue weighted by atomic mass is 19.3. The van der Waals surface area contributed by atoms with Gasteiger partial charge in [-0.1, -0.05) is 18.2 Å². The lowest BCUT2D eigenvalue weighted by molar-refractivity contribution is -0.0495. The Morgan fingerprint density at radius 2 is 2.04 bits per heavy atom. The monoisotopic (exact) mass is 335 g/mol. The molecule has 1 amide bonds. The number of anilines is 1. The number of nitrogens with zero attached hydrogens (tertiary/aromatic N) is 1. The summed E-state index contributed by atoms with van der Waals surface area (Å²) in [4.78, 5) is 14.2. The van der Waals surface area contributed by atoms with Crippen LogP contribution in [0, 0.1) is 12.7 Å².